The third-order valence-electron chi connectivity index (χ3n) is 4.20. The number of benzene rings is 2. The first kappa shape index (κ1) is 18.8. The Morgan fingerprint density at radius 1 is 1.15 bits per heavy atom. The molecule has 1 saturated heterocycles. The SMILES string of the molecule is C#Cc1cccc(NC(=O)c2ccc(N3CCOCC3)c(C(F)(F)F)c2)c1. The summed E-state index contributed by atoms with van der Waals surface area (Å²) < 4.78 is 45.9. The minimum atomic E-state index is -4.58. The summed E-state index contributed by atoms with van der Waals surface area (Å²) in [5.74, 6) is 1.80. The monoisotopic (exact) mass is 374 g/mol. The number of hydrogen-bond acceptors (Lipinski definition) is 3. The van der Waals surface area contributed by atoms with Crippen molar-refractivity contribution in [3.63, 3.8) is 0 Å². The van der Waals surface area contributed by atoms with Gasteiger partial charge in [0.2, 0.25) is 0 Å². The summed E-state index contributed by atoms with van der Waals surface area (Å²) in [7, 11) is 0. The Balaban J connectivity index is 1.89. The van der Waals surface area contributed by atoms with Gasteiger partial charge in [-0.2, -0.15) is 13.2 Å². The molecule has 3 rings (SSSR count). The predicted octanol–water partition coefficient (Wildman–Crippen LogP) is 3.78. The third kappa shape index (κ3) is 4.41. The number of halogens is 3. The fourth-order valence-corrected chi connectivity index (χ4v) is 2.87. The molecule has 0 aromatic heterocycles. The van der Waals surface area contributed by atoms with Crippen molar-refractivity contribution in [2.24, 2.45) is 0 Å². The van der Waals surface area contributed by atoms with Crippen LogP contribution in [-0.2, 0) is 10.9 Å². The molecule has 1 aliphatic rings. The molecule has 0 aliphatic carbocycles. The number of amides is 1. The zero-order chi connectivity index (χ0) is 19.4. The molecule has 1 amide bonds. The van der Waals surface area contributed by atoms with Crippen LogP contribution in [0.2, 0.25) is 0 Å². The molecule has 140 valence electrons. The normalized spacial score (nSPS) is 14.5. The second kappa shape index (κ2) is 7.72. The van der Waals surface area contributed by atoms with Crippen molar-refractivity contribution in [1.82, 2.24) is 0 Å². The number of hydrogen-bond donors (Lipinski definition) is 1. The summed E-state index contributed by atoms with van der Waals surface area (Å²) in [6.07, 6.45) is 0.739. The van der Waals surface area contributed by atoms with E-state index in [1.54, 1.807) is 29.2 Å². The van der Waals surface area contributed by atoms with Gasteiger partial charge in [-0.3, -0.25) is 4.79 Å². The number of ether oxygens (including phenoxy) is 1. The summed E-state index contributed by atoms with van der Waals surface area (Å²) in [5.41, 5.74) is 0.115. The summed E-state index contributed by atoms with van der Waals surface area (Å²) in [5, 5.41) is 2.58. The Bertz CT molecular complexity index is 882. The van der Waals surface area contributed by atoms with Crippen molar-refractivity contribution in [1.29, 1.82) is 0 Å². The lowest BCUT2D eigenvalue weighted by molar-refractivity contribution is -0.137. The molecule has 0 saturated carbocycles. The number of carbonyl (C=O) groups is 1. The molecule has 1 fully saturated rings. The second-order valence-electron chi connectivity index (χ2n) is 6.01. The van der Waals surface area contributed by atoms with Gasteiger partial charge in [0.1, 0.15) is 0 Å². The number of rotatable bonds is 3. The fraction of sp³-hybridized carbons (Fsp3) is 0.250. The Hall–Kier alpha value is -2.98. The van der Waals surface area contributed by atoms with E-state index in [0.29, 0.717) is 37.6 Å². The van der Waals surface area contributed by atoms with Crippen LogP contribution in [0, 0.1) is 12.3 Å². The quantitative estimate of drug-likeness (QED) is 0.832. The van der Waals surface area contributed by atoms with Crippen LogP contribution in [0.3, 0.4) is 0 Å². The van der Waals surface area contributed by atoms with Crippen LogP contribution in [0.25, 0.3) is 0 Å². The first-order chi connectivity index (χ1) is 12.9. The summed E-state index contributed by atoms with van der Waals surface area (Å²) in [6.45, 7) is 1.47. The van der Waals surface area contributed by atoms with Gasteiger partial charge in [0.25, 0.3) is 5.91 Å². The van der Waals surface area contributed by atoms with Crippen LogP contribution in [-0.4, -0.2) is 32.2 Å². The summed E-state index contributed by atoms with van der Waals surface area (Å²) in [6, 6.07) is 10.1. The maximum Gasteiger partial charge on any atom is 0.418 e. The lowest BCUT2D eigenvalue weighted by Gasteiger charge is -2.31. The smallest absolute Gasteiger partial charge is 0.378 e. The Kier molecular flexibility index (Phi) is 5.38. The van der Waals surface area contributed by atoms with E-state index >= 15 is 0 Å². The molecule has 2 aromatic rings. The van der Waals surface area contributed by atoms with Gasteiger partial charge in [0.05, 0.1) is 18.8 Å². The van der Waals surface area contributed by atoms with E-state index in [2.05, 4.69) is 11.2 Å². The first-order valence-corrected chi connectivity index (χ1v) is 8.30. The standard InChI is InChI=1S/C20H17F3N2O2/c1-2-14-4-3-5-16(12-14)24-19(26)15-6-7-18(17(13-15)20(21,22)23)25-8-10-27-11-9-25/h1,3-7,12-13H,8-11H2,(H,24,26). The van der Waals surface area contributed by atoms with Crippen molar-refractivity contribution in [2.45, 2.75) is 6.18 Å². The largest absolute Gasteiger partial charge is 0.418 e. The summed E-state index contributed by atoms with van der Waals surface area (Å²) >= 11 is 0. The maximum absolute atomic E-state index is 13.6. The molecule has 4 nitrogen and oxygen atoms in total. The second-order valence-corrected chi connectivity index (χ2v) is 6.01. The van der Waals surface area contributed by atoms with E-state index in [4.69, 9.17) is 11.2 Å². The number of alkyl halides is 3. The molecular formula is C20H17F3N2O2. The van der Waals surface area contributed by atoms with Crippen molar-refractivity contribution in [2.75, 3.05) is 36.5 Å². The Labute approximate surface area is 154 Å². The van der Waals surface area contributed by atoms with Gasteiger partial charge in [-0.15, -0.1) is 6.42 Å². The number of nitrogens with one attached hydrogen (secondary N) is 1. The number of nitrogens with zero attached hydrogens (tertiary/aromatic N) is 1. The van der Waals surface area contributed by atoms with Gasteiger partial charge in [0.15, 0.2) is 0 Å². The van der Waals surface area contributed by atoms with Gasteiger partial charge >= 0.3 is 6.18 Å². The fourth-order valence-electron chi connectivity index (χ4n) is 2.87. The molecule has 0 bridgehead atoms. The molecule has 2 aromatic carbocycles. The van der Waals surface area contributed by atoms with E-state index < -0.39 is 17.6 Å². The zero-order valence-electron chi connectivity index (χ0n) is 14.3. The molecule has 0 spiro atoms. The highest BCUT2D eigenvalue weighted by atomic mass is 19.4. The number of morpholine rings is 1. The zero-order valence-corrected chi connectivity index (χ0v) is 14.3. The molecule has 0 unspecified atom stereocenters. The van der Waals surface area contributed by atoms with E-state index in [1.165, 1.54) is 12.1 Å². The highest BCUT2D eigenvalue weighted by Crippen LogP contribution is 2.37. The molecular weight excluding hydrogens is 357 g/mol. The molecule has 1 aliphatic heterocycles. The Morgan fingerprint density at radius 2 is 1.89 bits per heavy atom. The van der Waals surface area contributed by atoms with Gasteiger partial charge in [-0.05, 0) is 36.4 Å². The predicted molar refractivity (Wildman–Crippen MR) is 96.8 cm³/mol. The van der Waals surface area contributed by atoms with Gasteiger partial charge in [-0.1, -0.05) is 12.0 Å². The van der Waals surface area contributed by atoms with E-state index in [0.717, 1.165) is 6.07 Å². The summed E-state index contributed by atoms with van der Waals surface area (Å²) in [4.78, 5) is 14.0. The molecule has 0 radical (unpaired) electrons. The maximum atomic E-state index is 13.6. The lowest BCUT2D eigenvalue weighted by atomic mass is 10.1. The molecule has 7 heteroatoms. The van der Waals surface area contributed by atoms with E-state index in [-0.39, 0.29) is 11.3 Å². The molecule has 0 atom stereocenters. The Morgan fingerprint density at radius 3 is 2.56 bits per heavy atom. The van der Waals surface area contributed by atoms with E-state index in [1.807, 2.05) is 0 Å². The van der Waals surface area contributed by atoms with Crippen LogP contribution in [0.4, 0.5) is 24.5 Å². The van der Waals surface area contributed by atoms with Gasteiger partial charge in [-0.25, -0.2) is 0 Å². The van der Waals surface area contributed by atoms with Crippen LogP contribution >= 0.6 is 0 Å². The first-order valence-electron chi connectivity index (χ1n) is 8.30. The van der Waals surface area contributed by atoms with Crippen molar-refractivity contribution in [3.05, 3.63) is 59.2 Å². The molecule has 1 heterocycles. The van der Waals surface area contributed by atoms with Crippen molar-refractivity contribution < 1.29 is 22.7 Å². The van der Waals surface area contributed by atoms with E-state index in [9.17, 15) is 18.0 Å². The van der Waals surface area contributed by atoms with Crippen LogP contribution in [0.1, 0.15) is 21.5 Å². The minimum absolute atomic E-state index is 0.0525. The number of terminal acetylenes is 1. The van der Waals surface area contributed by atoms with Gasteiger partial charge in [0, 0.05) is 35.6 Å². The third-order valence-corrected chi connectivity index (χ3v) is 4.20. The average Bonchev–Trinajstić information content (AvgIpc) is 2.67. The number of carbonyl (C=O) groups excluding carboxylic acids is 1. The molecule has 1 N–H and O–H groups in total. The molecule has 27 heavy (non-hydrogen) atoms. The highest BCUT2D eigenvalue weighted by Gasteiger charge is 2.36. The highest BCUT2D eigenvalue weighted by molar-refractivity contribution is 6.04. The van der Waals surface area contributed by atoms with Gasteiger partial charge < -0.3 is 15.0 Å². The van der Waals surface area contributed by atoms with Crippen molar-refractivity contribution in [3.8, 4) is 12.3 Å². The van der Waals surface area contributed by atoms with Crippen LogP contribution in [0.5, 0.6) is 0 Å². The van der Waals surface area contributed by atoms with Crippen molar-refractivity contribution >= 4 is 17.3 Å². The minimum Gasteiger partial charge on any atom is -0.378 e. The van der Waals surface area contributed by atoms with Crippen LogP contribution < -0.4 is 10.2 Å². The topological polar surface area (TPSA) is 41.6 Å². The lowest BCUT2D eigenvalue weighted by Crippen LogP contribution is -2.37. The van der Waals surface area contributed by atoms with Crippen LogP contribution in [0.15, 0.2) is 42.5 Å². The average molecular weight is 374 g/mol. The number of anilines is 2.